The molecule has 0 aliphatic carbocycles. The number of anilines is 1. The zero-order valence-electron chi connectivity index (χ0n) is 14.1. The van der Waals surface area contributed by atoms with Gasteiger partial charge in [0.15, 0.2) is 0 Å². The molecule has 1 unspecified atom stereocenters. The SMILES string of the molecule is CCC1CCCCN1c1ccc(C(=O)NCc2ccncc2)nc1. The molecular weight excluding hydrogens is 300 g/mol. The van der Waals surface area contributed by atoms with Crippen molar-refractivity contribution in [2.75, 3.05) is 11.4 Å². The van der Waals surface area contributed by atoms with Crippen LogP contribution < -0.4 is 10.2 Å². The first kappa shape index (κ1) is 16.4. The predicted octanol–water partition coefficient (Wildman–Crippen LogP) is 3.18. The summed E-state index contributed by atoms with van der Waals surface area (Å²) in [5.41, 5.74) is 2.60. The van der Waals surface area contributed by atoms with Crippen molar-refractivity contribution in [2.45, 2.75) is 45.2 Å². The lowest BCUT2D eigenvalue weighted by molar-refractivity contribution is 0.0946. The highest BCUT2D eigenvalue weighted by Gasteiger charge is 2.21. The molecule has 5 heteroatoms. The second-order valence-corrected chi connectivity index (χ2v) is 6.19. The first-order valence-corrected chi connectivity index (χ1v) is 8.67. The zero-order chi connectivity index (χ0) is 16.8. The van der Waals surface area contributed by atoms with Gasteiger partial charge in [-0.05, 0) is 55.5 Å². The average Bonchev–Trinajstić information content (AvgIpc) is 2.67. The molecule has 126 valence electrons. The van der Waals surface area contributed by atoms with Gasteiger partial charge in [-0.15, -0.1) is 0 Å². The number of hydrogen-bond acceptors (Lipinski definition) is 4. The minimum atomic E-state index is -0.149. The van der Waals surface area contributed by atoms with E-state index in [4.69, 9.17) is 0 Å². The molecule has 1 saturated heterocycles. The summed E-state index contributed by atoms with van der Waals surface area (Å²) < 4.78 is 0. The molecule has 1 atom stereocenters. The molecule has 2 aromatic heterocycles. The van der Waals surface area contributed by atoms with E-state index in [0.717, 1.165) is 24.2 Å². The molecule has 0 radical (unpaired) electrons. The first-order valence-electron chi connectivity index (χ1n) is 8.67. The third-order valence-electron chi connectivity index (χ3n) is 4.61. The summed E-state index contributed by atoms with van der Waals surface area (Å²) in [6.45, 7) is 3.79. The number of carbonyl (C=O) groups is 1. The van der Waals surface area contributed by atoms with Crippen LogP contribution in [0.1, 0.15) is 48.7 Å². The number of pyridine rings is 2. The van der Waals surface area contributed by atoms with E-state index in [1.807, 2.05) is 30.5 Å². The lowest BCUT2D eigenvalue weighted by Gasteiger charge is -2.37. The van der Waals surface area contributed by atoms with E-state index in [1.165, 1.54) is 19.3 Å². The molecular formula is C19H24N4O. The van der Waals surface area contributed by atoms with Gasteiger partial charge in [0.2, 0.25) is 0 Å². The Morgan fingerprint density at radius 1 is 1.25 bits per heavy atom. The number of aromatic nitrogens is 2. The summed E-state index contributed by atoms with van der Waals surface area (Å²) >= 11 is 0. The number of nitrogens with one attached hydrogen (secondary N) is 1. The van der Waals surface area contributed by atoms with Crippen molar-refractivity contribution < 1.29 is 4.79 Å². The van der Waals surface area contributed by atoms with E-state index in [-0.39, 0.29) is 5.91 Å². The highest BCUT2D eigenvalue weighted by molar-refractivity contribution is 5.92. The first-order chi connectivity index (χ1) is 11.8. The van der Waals surface area contributed by atoms with E-state index in [2.05, 4.69) is 27.1 Å². The summed E-state index contributed by atoms with van der Waals surface area (Å²) in [5.74, 6) is -0.149. The minimum absolute atomic E-state index is 0.149. The zero-order valence-corrected chi connectivity index (χ0v) is 14.1. The van der Waals surface area contributed by atoms with Gasteiger partial charge >= 0.3 is 0 Å². The molecule has 0 aromatic carbocycles. The number of piperidine rings is 1. The van der Waals surface area contributed by atoms with Crippen molar-refractivity contribution in [3.8, 4) is 0 Å². The summed E-state index contributed by atoms with van der Waals surface area (Å²) in [7, 11) is 0. The Labute approximate surface area is 143 Å². The van der Waals surface area contributed by atoms with Crippen LogP contribution >= 0.6 is 0 Å². The lowest BCUT2D eigenvalue weighted by Crippen LogP contribution is -2.39. The fraction of sp³-hybridized carbons (Fsp3) is 0.421. The summed E-state index contributed by atoms with van der Waals surface area (Å²) in [4.78, 5) is 23.0. The summed E-state index contributed by atoms with van der Waals surface area (Å²) in [6, 6.07) is 8.20. The predicted molar refractivity (Wildman–Crippen MR) is 94.9 cm³/mol. The van der Waals surface area contributed by atoms with Crippen molar-refractivity contribution in [1.29, 1.82) is 0 Å². The number of nitrogens with zero attached hydrogens (tertiary/aromatic N) is 3. The van der Waals surface area contributed by atoms with Gasteiger partial charge in [-0.2, -0.15) is 0 Å². The standard InChI is InChI=1S/C19H24N4O/c1-2-16-5-3-4-12-23(16)17-6-7-18(21-14-17)19(24)22-13-15-8-10-20-11-9-15/h6-11,14,16H,2-5,12-13H2,1H3,(H,22,24). The Morgan fingerprint density at radius 3 is 2.79 bits per heavy atom. The van der Waals surface area contributed by atoms with Crippen molar-refractivity contribution in [1.82, 2.24) is 15.3 Å². The monoisotopic (exact) mass is 324 g/mol. The Bertz CT molecular complexity index is 657. The largest absolute Gasteiger partial charge is 0.367 e. The Kier molecular flexibility index (Phi) is 5.41. The van der Waals surface area contributed by atoms with Gasteiger partial charge in [0.05, 0.1) is 11.9 Å². The van der Waals surface area contributed by atoms with Crippen LogP contribution in [0.25, 0.3) is 0 Å². The molecule has 1 aliphatic heterocycles. The molecule has 1 fully saturated rings. The van der Waals surface area contributed by atoms with Crippen LogP contribution in [0.3, 0.4) is 0 Å². The maximum Gasteiger partial charge on any atom is 0.270 e. The number of rotatable bonds is 5. The average molecular weight is 324 g/mol. The molecule has 1 amide bonds. The molecule has 2 aromatic rings. The normalized spacial score (nSPS) is 17.5. The second-order valence-electron chi connectivity index (χ2n) is 6.19. The van der Waals surface area contributed by atoms with E-state index < -0.39 is 0 Å². The van der Waals surface area contributed by atoms with E-state index >= 15 is 0 Å². The van der Waals surface area contributed by atoms with Gasteiger partial charge in [0.1, 0.15) is 5.69 Å². The van der Waals surface area contributed by atoms with Crippen LogP contribution in [-0.4, -0.2) is 28.5 Å². The Balaban J connectivity index is 1.62. The Morgan fingerprint density at radius 2 is 2.08 bits per heavy atom. The molecule has 0 bridgehead atoms. The van der Waals surface area contributed by atoms with Gasteiger partial charge in [-0.1, -0.05) is 6.92 Å². The van der Waals surface area contributed by atoms with Crippen LogP contribution in [0.15, 0.2) is 42.9 Å². The lowest BCUT2D eigenvalue weighted by atomic mass is 9.99. The summed E-state index contributed by atoms with van der Waals surface area (Å²) in [5, 5.41) is 2.89. The quantitative estimate of drug-likeness (QED) is 0.918. The third kappa shape index (κ3) is 3.91. The molecule has 3 heterocycles. The van der Waals surface area contributed by atoms with Gasteiger partial charge in [0, 0.05) is 31.5 Å². The smallest absolute Gasteiger partial charge is 0.270 e. The van der Waals surface area contributed by atoms with Crippen LogP contribution in [0.5, 0.6) is 0 Å². The van der Waals surface area contributed by atoms with Gasteiger partial charge < -0.3 is 10.2 Å². The van der Waals surface area contributed by atoms with E-state index in [9.17, 15) is 4.79 Å². The van der Waals surface area contributed by atoms with Gasteiger partial charge in [-0.25, -0.2) is 4.98 Å². The molecule has 0 spiro atoms. The second kappa shape index (κ2) is 7.90. The highest BCUT2D eigenvalue weighted by Crippen LogP contribution is 2.25. The van der Waals surface area contributed by atoms with Crippen molar-refractivity contribution in [3.63, 3.8) is 0 Å². The van der Waals surface area contributed by atoms with Gasteiger partial charge in [-0.3, -0.25) is 9.78 Å². The molecule has 1 aliphatic rings. The van der Waals surface area contributed by atoms with E-state index in [0.29, 0.717) is 18.3 Å². The third-order valence-corrected chi connectivity index (χ3v) is 4.61. The fourth-order valence-corrected chi connectivity index (χ4v) is 3.23. The molecule has 3 rings (SSSR count). The molecule has 0 saturated carbocycles. The number of hydrogen-bond donors (Lipinski definition) is 1. The van der Waals surface area contributed by atoms with Crippen molar-refractivity contribution in [3.05, 3.63) is 54.1 Å². The number of carbonyl (C=O) groups excluding carboxylic acids is 1. The Hall–Kier alpha value is -2.43. The minimum Gasteiger partial charge on any atom is -0.367 e. The van der Waals surface area contributed by atoms with Crippen LogP contribution in [0.2, 0.25) is 0 Å². The fourth-order valence-electron chi connectivity index (χ4n) is 3.23. The van der Waals surface area contributed by atoms with Gasteiger partial charge in [0.25, 0.3) is 5.91 Å². The van der Waals surface area contributed by atoms with Crippen LogP contribution in [-0.2, 0) is 6.54 Å². The molecule has 1 N–H and O–H groups in total. The van der Waals surface area contributed by atoms with E-state index in [1.54, 1.807) is 12.4 Å². The van der Waals surface area contributed by atoms with Crippen molar-refractivity contribution in [2.24, 2.45) is 0 Å². The topological polar surface area (TPSA) is 58.1 Å². The van der Waals surface area contributed by atoms with Crippen LogP contribution in [0, 0.1) is 0 Å². The molecule has 24 heavy (non-hydrogen) atoms. The summed E-state index contributed by atoms with van der Waals surface area (Å²) in [6.07, 6.45) is 10.2. The molecule has 5 nitrogen and oxygen atoms in total. The maximum absolute atomic E-state index is 12.2. The maximum atomic E-state index is 12.2. The van der Waals surface area contributed by atoms with Crippen LogP contribution in [0.4, 0.5) is 5.69 Å². The van der Waals surface area contributed by atoms with Crippen molar-refractivity contribution >= 4 is 11.6 Å². The number of amides is 1. The highest BCUT2D eigenvalue weighted by atomic mass is 16.1.